The van der Waals surface area contributed by atoms with E-state index >= 15 is 0 Å². The smallest absolute Gasteiger partial charge is 0.409 e. The highest BCUT2D eigenvalue weighted by molar-refractivity contribution is 5.68. The molecule has 0 radical (unpaired) electrons. The normalized spacial score (nSPS) is 21.4. The number of benzene rings is 1. The number of carbonyl (C=O) groups excluding carboxylic acids is 2. The van der Waals surface area contributed by atoms with Gasteiger partial charge in [-0.05, 0) is 55.9 Å². The lowest BCUT2D eigenvalue weighted by Gasteiger charge is -2.56. The van der Waals surface area contributed by atoms with Crippen LogP contribution in [0, 0.1) is 5.41 Å². The summed E-state index contributed by atoms with van der Waals surface area (Å²) in [6.07, 6.45) is 8.14. The minimum absolute atomic E-state index is 0.133. The lowest BCUT2D eigenvalue weighted by Crippen LogP contribution is -2.58. The summed E-state index contributed by atoms with van der Waals surface area (Å²) >= 11 is 0. The summed E-state index contributed by atoms with van der Waals surface area (Å²) in [6.45, 7) is 6.66. The minimum atomic E-state index is -0.320. The van der Waals surface area contributed by atoms with Crippen molar-refractivity contribution in [2.45, 2.75) is 77.0 Å². The molecule has 1 aromatic rings. The second-order valence-electron chi connectivity index (χ2n) is 10.0. The molecule has 1 N–H and O–H groups in total. The zero-order valence-electron chi connectivity index (χ0n) is 20.0. The van der Waals surface area contributed by atoms with Crippen molar-refractivity contribution >= 4 is 12.2 Å². The van der Waals surface area contributed by atoms with E-state index in [0.29, 0.717) is 24.7 Å². The number of amides is 2. The number of carbonyl (C=O) groups is 2. The van der Waals surface area contributed by atoms with E-state index < -0.39 is 0 Å². The maximum atomic E-state index is 12.2. The first-order chi connectivity index (χ1) is 16.1. The molecular weight excluding hydrogens is 418 g/mol. The van der Waals surface area contributed by atoms with Crippen LogP contribution < -0.4 is 5.32 Å². The summed E-state index contributed by atoms with van der Waals surface area (Å²) in [5, 5.41) is 3.04. The van der Waals surface area contributed by atoms with E-state index in [-0.39, 0.29) is 18.2 Å². The van der Waals surface area contributed by atoms with Gasteiger partial charge in [0.15, 0.2) is 0 Å². The first kappa shape index (κ1) is 23.9. The Hall–Kier alpha value is -2.28. The Balaban J connectivity index is 1.10. The Kier molecular flexibility index (Phi) is 8.12. The molecule has 0 atom stereocenters. The first-order valence-corrected chi connectivity index (χ1v) is 12.7. The van der Waals surface area contributed by atoms with Crippen LogP contribution >= 0.6 is 0 Å². The largest absolute Gasteiger partial charge is 0.449 e. The number of alkyl carbamates (subject to hydrolysis) is 1. The van der Waals surface area contributed by atoms with Crippen LogP contribution in [-0.2, 0) is 16.1 Å². The van der Waals surface area contributed by atoms with Crippen LogP contribution in [0.1, 0.15) is 63.9 Å². The van der Waals surface area contributed by atoms with Gasteiger partial charge in [0.1, 0.15) is 6.61 Å². The molecule has 1 aliphatic carbocycles. The Morgan fingerprint density at radius 1 is 1.03 bits per heavy atom. The Labute approximate surface area is 197 Å². The summed E-state index contributed by atoms with van der Waals surface area (Å²) in [4.78, 5) is 28.8. The summed E-state index contributed by atoms with van der Waals surface area (Å²) in [6, 6.07) is 10.6. The lowest BCUT2D eigenvalue weighted by molar-refractivity contribution is -0.0481. The average Bonchev–Trinajstić information content (AvgIpc) is 2.83. The fraction of sp³-hybridized carbons (Fsp3) is 0.692. The van der Waals surface area contributed by atoms with E-state index in [1.807, 2.05) is 35.2 Å². The number of hydrogen-bond donors (Lipinski definition) is 1. The first-order valence-electron chi connectivity index (χ1n) is 12.7. The molecule has 2 amide bonds. The van der Waals surface area contributed by atoms with E-state index in [9.17, 15) is 9.59 Å². The molecule has 2 heterocycles. The molecule has 4 rings (SSSR count). The second-order valence-corrected chi connectivity index (χ2v) is 10.0. The molecule has 1 spiro atoms. The van der Waals surface area contributed by atoms with Gasteiger partial charge in [0, 0.05) is 38.3 Å². The van der Waals surface area contributed by atoms with Crippen molar-refractivity contribution in [1.29, 1.82) is 0 Å². The number of rotatable bonds is 7. The lowest BCUT2D eigenvalue weighted by atomic mass is 9.60. The van der Waals surface area contributed by atoms with Gasteiger partial charge in [0.05, 0.1) is 6.61 Å². The molecule has 182 valence electrons. The summed E-state index contributed by atoms with van der Waals surface area (Å²) in [5.41, 5.74) is 1.42. The number of nitrogens with zero attached hydrogens (tertiary/aromatic N) is 2. The maximum Gasteiger partial charge on any atom is 0.409 e. The number of hydrogen-bond acceptors (Lipinski definition) is 5. The maximum absolute atomic E-state index is 12.2. The standard InChI is InChI=1S/C26H39N3O4/c1-2-3-17-32-25(31)29-15-11-26(12-16-29)18-23(19-26)28-13-9-22(10-14-28)27-24(30)33-20-21-7-5-4-6-8-21/h4-8,22-23H,2-3,9-20H2,1H3,(H,27,30). The molecule has 2 saturated heterocycles. The van der Waals surface area contributed by atoms with Gasteiger partial charge >= 0.3 is 12.2 Å². The Bertz CT molecular complexity index is 763. The van der Waals surface area contributed by atoms with Crippen LogP contribution in [0.2, 0.25) is 0 Å². The molecule has 3 fully saturated rings. The van der Waals surface area contributed by atoms with Crippen LogP contribution in [0.3, 0.4) is 0 Å². The monoisotopic (exact) mass is 457 g/mol. The molecule has 7 nitrogen and oxygen atoms in total. The van der Waals surface area contributed by atoms with Gasteiger partial charge in [-0.25, -0.2) is 9.59 Å². The highest BCUT2D eigenvalue weighted by Crippen LogP contribution is 2.51. The van der Waals surface area contributed by atoms with Crippen LogP contribution in [0.4, 0.5) is 9.59 Å². The summed E-state index contributed by atoms with van der Waals surface area (Å²) in [5.74, 6) is 0. The van der Waals surface area contributed by atoms with Crippen molar-refractivity contribution in [3.8, 4) is 0 Å². The SMILES string of the molecule is CCCCOC(=O)N1CCC2(CC1)CC(N1CCC(NC(=O)OCc3ccccc3)CC1)C2. The molecule has 33 heavy (non-hydrogen) atoms. The number of ether oxygens (including phenoxy) is 2. The van der Waals surface area contributed by atoms with E-state index in [2.05, 4.69) is 17.1 Å². The third kappa shape index (κ3) is 6.40. The molecule has 1 saturated carbocycles. The Morgan fingerprint density at radius 2 is 1.73 bits per heavy atom. The van der Waals surface area contributed by atoms with Crippen molar-refractivity contribution in [2.24, 2.45) is 5.41 Å². The molecule has 7 heteroatoms. The van der Waals surface area contributed by atoms with Gasteiger partial charge in [-0.1, -0.05) is 43.7 Å². The van der Waals surface area contributed by atoms with E-state index in [1.54, 1.807) is 0 Å². The topological polar surface area (TPSA) is 71.1 Å². The highest BCUT2D eigenvalue weighted by Gasteiger charge is 2.48. The zero-order chi connectivity index (χ0) is 23.1. The number of likely N-dealkylation sites (tertiary alicyclic amines) is 2. The van der Waals surface area contributed by atoms with Crippen LogP contribution in [0.25, 0.3) is 0 Å². The number of piperidine rings is 2. The van der Waals surface area contributed by atoms with Gasteiger partial charge in [0.25, 0.3) is 0 Å². The Morgan fingerprint density at radius 3 is 2.39 bits per heavy atom. The number of unbranched alkanes of at least 4 members (excludes halogenated alkanes) is 1. The third-order valence-electron chi connectivity index (χ3n) is 7.72. The molecular formula is C26H39N3O4. The predicted octanol–water partition coefficient (Wildman–Crippen LogP) is 4.56. The van der Waals surface area contributed by atoms with Gasteiger partial charge in [-0.15, -0.1) is 0 Å². The van der Waals surface area contributed by atoms with Crippen LogP contribution in [0.15, 0.2) is 30.3 Å². The summed E-state index contributed by atoms with van der Waals surface area (Å²) < 4.78 is 10.7. The minimum Gasteiger partial charge on any atom is -0.449 e. The van der Waals surface area contributed by atoms with Crippen molar-refractivity contribution in [3.05, 3.63) is 35.9 Å². The van der Waals surface area contributed by atoms with Crippen LogP contribution in [-0.4, -0.2) is 66.9 Å². The van der Waals surface area contributed by atoms with Gasteiger partial charge in [-0.3, -0.25) is 0 Å². The zero-order valence-corrected chi connectivity index (χ0v) is 20.0. The summed E-state index contributed by atoms with van der Waals surface area (Å²) in [7, 11) is 0. The highest BCUT2D eigenvalue weighted by atomic mass is 16.6. The van der Waals surface area contributed by atoms with Crippen molar-refractivity contribution < 1.29 is 19.1 Å². The molecule has 3 aliphatic rings. The third-order valence-corrected chi connectivity index (χ3v) is 7.72. The van der Waals surface area contributed by atoms with Gasteiger partial charge < -0.3 is 24.6 Å². The fourth-order valence-electron chi connectivity index (χ4n) is 5.51. The predicted molar refractivity (Wildman–Crippen MR) is 127 cm³/mol. The van der Waals surface area contributed by atoms with Crippen molar-refractivity contribution in [3.63, 3.8) is 0 Å². The molecule has 0 aromatic heterocycles. The van der Waals surface area contributed by atoms with Crippen molar-refractivity contribution in [1.82, 2.24) is 15.1 Å². The van der Waals surface area contributed by atoms with Crippen LogP contribution in [0.5, 0.6) is 0 Å². The number of nitrogens with one attached hydrogen (secondary N) is 1. The fourth-order valence-corrected chi connectivity index (χ4v) is 5.51. The molecule has 0 bridgehead atoms. The van der Waals surface area contributed by atoms with E-state index in [1.165, 1.54) is 12.8 Å². The van der Waals surface area contributed by atoms with Crippen molar-refractivity contribution in [2.75, 3.05) is 32.8 Å². The molecule has 1 aromatic carbocycles. The van der Waals surface area contributed by atoms with Gasteiger partial charge in [0.2, 0.25) is 0 Å². The van der Waals surface area contributed by atoms with E-state index in [4.69, 9.17) is 9.47 Å². The average molecular weight is 458 g/mol. The molecule has 0 unspecified atom stereocenters. The van der Waals surface area contributed by atoms with Gasteiger partial charge in [-0.2, -0.15) is 0 Å². The second kappa shape index (κ2) is 11.2. The quantitative estimate of drug-likeness (QED) is 0.608. The van der Waals surface area contributed by atoms with E-state index in [0.717, 1.165) is 70.3 Å². The molecule has 2 aliphatic heterocycles.